The number of furan rings is 1. The standard InChI is InChI=1S/C15H26Br3N4O4P.C15H26Cl3N4O4P.C14H23Br3N3O5P.C14H25Cl3N5O4P/c2*1-3-9-20(10-6-16)27(25,21(11-7-17)12-8-18)26-13-14-4-5-15(19(14)2)22(23)24;1-2-8-18(9-5-15)26(23,19(10-6-16)11-7-17)24-12-13-3-4-14(25-13)20(21)22;1-3-7-20(8-4-15)27(25,21(9-5-16)10-6-17)26-12-13-18-11-14(19(13)2)22(23)24/h2*4-5H,3,6-13H2,1-2H3;3-4H,2,5-12H2,1H3;11H,3-10,12H2,1-2H3. The molecule has 0 saturated carbocycles. The highest BCUT2D eigenvalue weighted by atomic mass is 79.9. The van der Waals surface area contributed by atoms with Gasteiger partial charge in [0.25, 0.3) is 0 Å². The van der Waals surface area contributed by atoms with Crippen molar-refractivity contribution < 1.29 is 60.5 Å². The molecule has 0 saturated heterocycles. The van der Waals surface area contributed by atoms with Crippen LogP contribution in [-0.4, -0.2) is 248 Å². The van der Waals surface area contributed by atoms with Crippen LogP contribution >= 0.6 is 196 Å². The van der Waals surface area contributed by atoms with Gasteiger partial charge < -0.3 is 34.8 Å². The highest BCUT2D eigenvalue weighted by Gasteiger charge is 2.43. The monoisotopic (exact) mass is 2100 g/mol. The van der Waals surface area contributed by atoms with Gasteiger partial charge in [0.1, 0.15) is 54.7 Å². The summed E-state index contributed by atoms with van der Waals surface area (Å²) in [7, 11) is -8.96. The third-order valence-electron chi connectivity index (χ3n) is 15.2. The van der Waals surface area contributed by atoms with Crippen LogP contribution in [0.4, 0.5) is 23.3 Å². The Morgan fingerprint density at radius 2 is 0.654 bits per heavy atom. The molecule has 618 valence electrons. The molecule has 0 bridgehead atoms. The zero-order valence-corrected chi connectivity index (χ0v) is 78.5. The summed E-state index contributed by atoms with van der Waals surface area (Å²) in [5, 5.41) is 47.8. The Labute approximate surface area is 708 Å². The number of halogens is 12. The molecule has 0 amide bonds. The topological polar surface area (TPSA) is 345 Å². The van der Waals surface area contributed by atoms with E-state index in [0.29, 0.717) is 160 Å². The Bertz CT molecular complexity index is 3030. The molecule has 0 aliphatic heterocycles. The molecule has 33 nitrogen and oxygen atoms in total. The van der Waals surface area contributed by atoms with Gasteiger partial charge in [-0.15, -0.1) is 69.6 Å². The van der Waals surface area contributed by atoms with Crippen molar-refractivity contribution >= 4 is 219 Å². The summed E-state index contributed by atoms with van der Waals surface area (Å²) in [6, 6.07) is 8.78. The molecule has 0 N–H and O–H groups in total. The number of nitro groups is 4. The van der Waals surface area contributed by atoms with Gasteiger partial charge >= 0.3 is 54.0 Å². The van der Waals surface area contributed by atoms with Gasteiger partial charge in [-0.25, -0.2) is 56.0 Å². The van der Waals surface area contributed by atoms with Crippen LogP contribution in [0.2, 0.25) is 0 Å². The predicted molar refractivity (Wildman–Crippen MR) is 450 cm³/mol. The molecule has 0 fully saturated rings. The molecule has 0 aliphatic rings. The first kappa shape index (κ1) is 105. The molecule has 0 aromatic carbocycles. The lowest BCUT2D eigenvalue weighted by molar-refractivity contribution is -0.402. The van der Waals surface area contributed by atoms with Gasteiger partial charge in [0.2, 0.25) is 5.82 Å². The first-order valence-corrected chi connectivity index (χ1v) is 49.7. The van der Waals surface area contributed by atoms with E-state index in [4.69, 9.17) is 92.1 Å². The van der Waals surface area contributed by atoms with E-state index >= 15 is 0 Å². The van der Waals surface area contributed by atoms with Crippen LogP contribution in [0.1, 0.15) is 76.4 Å². The highest BCUT2D eigenvalue weighted by molar-refractivity contribution is 9.10. The highest BCUT2D eigenvalue weighted by Crippen LogP contribution is 2.58. The van der Waals surface area contributed by atoms with E-state index in [9.17, 15) is 58.7 Å². The molecule has 4 unspecified atom stereocenters. The maximum absolute atomic E-state index is 14.0. The number of hydrogen-bond acceptors (Lipinski definition) is 18. The Morgan fingerprint density at radius 3 is 0.897 bits per heavy atom. The normalized spacial score (nSPS) is 14.0. The van der Waals surface area contributed by atoms with Crippen LogP contribution in [-0.2, 0) is 83.9 Å². The van der Waals surface area contributed by atoms with Crippen molar-refractivity contribution in [3.63, 3.8) is 0 Å². The Kier molecular flexibility index (Phi) is 56.5. The van der Waals surface area contributed by atoms with Crippen molar-refractivity contribution in [1.29, 1.82) is 0 Å². The van der Waals surface area contributed by atoms with Crippen LogP contribution in [0, 0.1) is 40.5 Å². The fourth-order valence-electron chi connectivity index (χ4n) is 10.1. The zero-order chi connectivity index (χ0) is 80.9. The number of alkyl halides is 12. The number of nitrogens with zero attached hydrogens (tertiary/aromatic N) is 16. The summed E-state index contributed by atoms with van der Waals surface area (Å²) in [5.74, 6) is 1.54. The number of imidazole rings is 1. The Balaban J connectivity index is 0.000000713. The van der Waals surface area contributed by atoms with E-state index in [1.54, 1.807) is 44.9 Å². The van der Waals surface area contributed by atoms with E-state index in [1.807, 2.05) is 46.4 Å². The lowest BCUT2D eigenvalue weighted by Crippen LogP contribution is -2.37. The van der Waals surface area contributed by atoms with E-state index < -0.39 is 50.4 Å². The van der Waals surface area contributed by atoms with Crippen molar-refractivity contribution in [3.05, 3.63) is 106 Å². The minimum absolute atomic E-state index is 0.0212. The average Bonchev–Trinajstić information content (AvgIpc) is 1.72. The van der Waals surface area contributed by atoms with Crippen molar-refractivity contribution in [3.8, 4) is 0 Å². The molecular formula is C58H100Br6Cl6N16O17P4. The van der Waals surface area contributed by atoms with Crippen LogP contribution in [0.25, 0.3) is 0 Å². The van der Waals surface area contributed by atoms with E-state index in [1.165, 1.54) is 45.0 Å². The SMILES string of the molecule is CCCN(CCBr)P(=O)(OCc1ccc([N+](=O)[O-])n1C)N(CCBr)CCBr.CCCN(CCBr)P(=O)(OCc1ccc([N+](=O)[O-])o1)N(CCBr)CCBr.CCCN(CCCl)P(=O)(OCc1ccc([N+](=O)[O-])n1C)N(CCCl)CCCl.CCCN(CCCl)P(=O)(OCc1ncc([N+](=O)[O-])n1C)N(CCCl)CCCl. The van der Waals surface area contributed by atoms with Crippen LogP contribution in [0.5, 0.6) is 0 Å². The van der Waals surface area contributed by atoms with Crippen molar-refractivity contribution in [1.82, 2.24) is 56.0 Å². The van der Waals surface area contributed by atoms with E-state index in [0.717, 1.165) is 31.9 Å². The van der Waals surface area contributed by atoms with Crippen molar-refractivity contribution in [2.75, 3.05) is 172 Å². The Morgan fingerprint density at radius 1 is 0.383 bits per heavy atom. The molecule has 0 radical (unpaired) electrons. The molecule has 0 spiro atoms. The molecule has 4 heterocycles. The molecule has 49 heteroatoms. The lowest BCUT2D eigenvalue weighted by atomic mass is 10.5. The maximum Gasteiger partial charge on any atom is 0.433 e. The van der Waals surface area contributed by atoms with Crippen molar-refractivity contribution in [2.24, 2.45) is 21.1 Å². The fraction of sp³-hybridized carbons (Fsp3) is 0.741. The molecular weight excluding hydrogens is 2010 g/mol. The summed E-state index contributed by atoms with van der Waals surface area (Å²) in [6.45, 7) is 15.4. The summed E-state index contributed by atoms with van der Waals surface area (Å²) < 4.78 is 103. The second-order valence-electron chi connectivity index (χ2n) is 22.3. The van der Waals surface area contributed by atoms with Gasteiger partial charge in [-0.3, -0.25) is 46.5 Å². The largest absolute Gasteiger partial charge is 0.433 e. The van der Waals surface area contributed by atoms with Gasteiger partial charge in [-0.05, 0) is 58.7 Å². The zero-order valence-electron chi connectivity index (χ0n) is 60.9. The molecule has 0 aliphatic carbocycles. The smallest absolute Gasteiger partial charge is 0.403 e. The summed E-state index contributed by atoms with van der Waals surface area (Å²) >= 11 is 55.8. The number of aromatic nitrogens is 4. The fourth-order valence-corrected chi connectivity index (χ4v) is 26.2. The van der Waals surface area contributed by atoms with Crippen LogP contribution < -0.4 is 0 Å². The second-order valence-corrected chi connectivity index (χ2v) is 38.8. The second kappa shape index (κ2) is 57.7. The van der Waals surface area contributed by atoms with Crippen LogP contribution in [0.15, 0.2) is 47.0 Å². The van der Waals surface area contributed by atoms with Crippen LogP contribution in [0.3, 0.4) is 0 Å². The number of hydrogen-bond donors (Lipinski definition) is 0. The van der Waals surface area contributed by atoms with E-state index in [2.05, 4.69) is 101 Å². The Hall–Kier alpha value is -0.290. The van der Waals surface area contributed by atoms with Gasteiger partial charge in [0.05, 0.1) is 27.2 Å². The molecule has 107 heavy (non-hydrogen) atoms. The summed E-state index contributed by atoms with van der Waals surface area (Å²) in [6.07, 6.45) is 4.31. The summed E-state index contributed by atoms with van der Waals surface area (Å²) in [4.78, 5) is 45.7. The average molecular weight is 2110 g/mol. The van der Waals surface area contributed by atoms with E-state index in [-0.39, 0.29) is 84.9 Å². The lowest BCUT2D eigenvalue weighted by Gasteiger charge is -2.37. The third kappa shape index (κ3) is 33.7. The minimum atomic E-state index is -3.52. The predicted octanol–water partition coefficient (Wildman–Crippen LogP) is 17.7. The van der Waals surface area contributed by atoms with Gasteiger partial charge in [-0.2, -0.15) is 0 Å². The third-order valence-corrected chi connectivity index (χ3v) is 29.2. The maximum atomic E-state index is 14.0. The molecule has 4 aromatic rings. The first-order valence-electron chi connectivity index (χ1n) is 33.7. The number of rotatable bonds is 56. The molecule has 4 aromatic heterocycles. The minimum Gasteiger partial charge on any atom is -0.403 e. The summed E-state index contributed by atoms with van der Waals surface area (Å²) in [5.41, 5.74) is 1.15. The van der Waals surface area contributed by atoms with Gasteiger partial charge in [0.15, 0.2) is 0 Å². The quantitative estimate of drug-likeness (QED) is 0.0171. The van der Waals surface area contributed by atoms with Gasteiger partial charge in [0, 0.05) is 184 Å². The molecule has 4 rings (SSSR count). The van der Waals surface area contributed by atoms with Gasteiger partial charge in [-0.1, -0.05) is 123 Å². The van der Waals surface area contributed by atoms with Crippen molar-refractivity contribution in [2.45, 2.75) is 79.8 Å². The first-order chi connectivity index (χ1) is 51.0. The molecule has 4 atom stereocenters.